The Morgan fingerprint density at radius 3 is 2.53 bits per heavy atom. The summed E-state index contributed by atoms with van der Waals surface area (Å²) in [7, 11) is 0. The van der Waals surface area contributed by atoms with Gasteiger partial charge in [-0.05, 0) is 26.0 Å². The van der Waals surface area contributed by atoms with Crippen molar-refractivity contribution in [3.05, 3.63) is 45.4 Å². The molecule has 0 unspecified atom stereocenters. The summed E-state index contributed by atoms with van der Waals surface area (Å²) in [6, 6.07) is 7.47. The van der Waals surface area contributed by atoms with Gasteiger partial charge in [0, 0.05) is 5.56 Å². The molecular weight excluding hydrogens is 234 g/mol. The molecule has 5 heteroatoms. The fraction of sp³-hybridized carbons (Fsp3) is 0.250. The third-order valence-electron chi connectivity index (χ3n) is 2.28. The number of carbonyl (C=O) groups is 1. The quantitative estimate of drug-likeness (QED) is 0.903. The topological polar surface area (TPSA) is 54.9 Å². The standard InChI is InChI=1S/C12H13N3OS/c1-8-3-5-10(6-4-8)12(16)13-7-11-15-14-9(2)17-11/h3-6H,7H2,1-2H3,(H,13,16). The van der Waals surface area contributed by atoms with E-state index in [1.54, 1.807) is 0 Å². The van der Waals surface area contributed by atoms with Crippen molar-refractivity contribution >= 4 is 17.2 Å². The number of benzene rings is 1. The van der Waals surface area contributed by atoms with Gasteiger partial charge < -0.3 is 5.32 Å². The highest BCUT2D eigenvalue weighted by Gasteiger charge is 2.06. The molecule has 2 rings (SSSR count). The van der Waals surface area contributed by atoms with Gasteiger partial charge in [0.2, 0.25) is 0 Å². The summed E-state index contributed by atoms with van der Waals surface area (Å²) < 4.78 is 0. The smallest absolute Gasteiger partial charge is 0.251 e. The number of amides is 1. The lowest BCUT2D eigenvalue weighted by Gasteiger charge is -2.02. The van der Waals surface area contributed by atoms with E-state index in [2.05, 4.69) is 15.5 Å². The summed E-state index contributed by atoms with van der Waals surface area (Å²) in [5, 5.41) is 12.4. The number of aryl methyl sites for hydroxylation is 2. The molecule has 1 N–H and O–H groups in total. The van der Waals surface area contributed by atoms with Crippen molar-refractivity contribution in [1.29, 1.82) is 0 Å². The van der Waals surface area contributed by atoms with Gasteiger partial charge in [-0.15, -0.1) is 10.2 Å². The highest BCUT2D eigenvalue weighted by Crippen LogP contribution is 2.08. The molecule has 17 heavy (non-hydrogen) atoms. The van der Waals surface area contributed by atoms with Crippen molar-refractivity contribution in [2.24, 2.45) is 0 Å². The largest absolute Gasteiger partial charge is 0.345 e. The third kappa shape index (κ3) is 3.10. The Morgan fingerprint density at radius 2 is 1.94 bits per heavy atom. The lowest BCUT2D eigenvalue weighted by molar-refractivity contribution is 0.0951. The van der Waals surface area contributed by atoms with Gasteiger partial charge in [-0.3, -0.25) is 4.79 Å². The van der Waals surface area contributed by atoms with Crippen LogP contribution in [0.25, 0.3) is 0 Å². The normalized spacial score (nSPS) is 10.2. The highest BCUT2D eigenvalue weighted by atomic mass is 32.1. The van der Waals surface area contributed by atoms with Crippen LogP contribution in [0.4, 0.5) is 0 Å². The zero-order valence-electron chi connectivity index (χ0n) is 9.73. The summed E-state index contributed by atoms with van der Waals surface area (Å²) in [5.41, 5.74) is 1.80. The molecule has 0 atom stereocenters. The highest BCUT2D eigenvalue weighted by molar-refractivity contribution is 7.11. The molecule has 88 valence electrons. The first-order valence-corrected chi connectivity index (χ1v) is 6.10. The molecule has 0 aliphatic heterocycles. The molecule has 1 aromatic heterocycles. The lowest BCUT2D eigenvalue weighted by atomic mass is 10.1. The van der Waals surface area contributed by atoms with E-state index in [1.807, 2.05) is 38.1 Å². The molecule has 0 fully saturated rings. The minimum atomic E-state index is -0.0853. The van der Waals surface area contributed by atoms with E-state index in [9.17, 15) is 4.79 Å². The van der Waals surface area contributed by atoms with Crippen molar-refractivity contribution in [3.63, 3.8) is 0 Å². The molecule has 2 aromatic rings. The molecule has 0 aliphatic carbocycles. The summed E-state index contributed by atoms with van der Waals surface area (Å²) in [4.78, 5) is 11.8. The molecule has 1 aromatic carbocycles. The number of hydrogen-bond acceptors (Lipinski definition) is 4. The van der Waals surface area contributed by atoms with Crippen LogP contribution < -0.4 is 5.32 Å². The molecule has 1 heterocycles. The van der Waals surface area contributed by atoms with Gasteiger partial charge in [0.1, 0.15) is 10.0 Å². The van der Waals surface area contributed by atoms with Crippen LogP contribution in [0.2, 0.25) is 0 Å². The van der Waals surface area contributed by atoms with Crippen LogP contribution in [-0.4, -0.2) is 16.1 Å². The minimum Gasteiger partial charge on any atom is -0.345 e. The number of aromatic nitrogens is 2. The maximum absolute atomic E-state index is 11.8. The summed E-state index contributed by atoms with van der Waals surface area (Å²) in [6.45, 7) is 4.31. The monoisotopic (exact) mass is 247 g/mol. The van der Waals surface area contributed by atoms with Crippen LogP contribution in [0.15, 0.2) is 24.3 Å². The second-order valence-corrected chi connectivity index (χ2v) is 5.03. The van der Waals surface area contributed by atoms with Gasteiger partial charge in [-0.2, -0.15) is 0 Å². The Bertz CT molecular complexity index is 519. The van der Waals surface area contributed by atoms with E-state index in [1.165, 1.54) is 11.3 Å². The second-order valence-electron chi connectivity index (χ2n) is 3.76. The number of hydrogen-bond donors (Lipinski definition) is 1. The van der Waals surface area contributed by atoms with E-state index in [0.717, 1.165) is 15.6 Å². The first-order valence-electron chi connectivity index (χ1n) is 5.29. The third-order valence-corrected chi connectivity index (χ3v) is 3.12. The summed E-state index contributed by atoms with van der Waals surface area (Å²) in [5.74, 6) is -0.0853. The molecule has 0 spiro atoms. The maximum atomic E-state index is 11.8. The fourth-order valence-electron chi connectivity index (χ4n) is 1.37. The molecule has 0 saturated carbocycles. The van der Waals surface area contributed by atoms with Gasteiger partial charge in [-0.25, -0.2) is 0 Å². The molecule has 0 radical (unpaired) electrons. The molecule has 1 amide bonds. The van der Waals surface area contributed by atoms with E-state index in [0.29, 0.717) is 12.1 Å². The number of rotatable bonds is 3. The fourth-order valence-corrected chi connectivity index (χ4v) is 2.02. The molecule has 0 bridgehead atoms. The van der Waals surface area contributed by atoms with Gasteiger partial charge in [0.15, 0.2) is 0 Å². The molecule has 0 aliphatic rings. The van der Waals surface area contributed by atoms with Crippen LogP contribution in [0.3, 0.4) is 0 Å². The molecule has 0 saturated heterocycles. The average molecular weight is 247 g/mol. The van der Waals surface area contributed by atoms with E-state index in [4.69, 9.17) is 0 Å². The molecule has 4 nitrogen and oxygen atoms in total. The van der Waals surface area contributed by atoms with Crippen molar-refractivity contribution < 1.29 is 4.79 Å². The predicted molar refractivity (Wildman–Crippen MR) is 67.0 cm³/mol. The van der Waals surface area contributed by atoms with E-state index >= 15 is 0 Å². The predicted octanol–water partition coefficient (Wildman–Crippen LogP) is 2.08. The Labute approximate surface area is 104 Å². The van der Waals surface area contributed by atoms with Crippen LogP contribution >= 0.6 is 11.3 Å². The zero-order chi connectivity index (χ0) is 12.3. The average Bonchev–Trinajstić information content (AvgIpc) is 2.73. The van der Waals surface area contributed by atoms with Gasteiger partial charge in [0.05, 0.1) is 6.54 Å². The molecular formula is C12H13N3OS. The Morgan fingerprint density at radius 1 is 1.24 bits per heavy atom. The van der Waals surface area contributed by atoms with Crippen LogP contribution in [0.1, 0.15) is 25.9 Å². The SMILES string of the molecule is Cc1ccc(C(=O)NCc2nnc(C)s2)cc1. The first kappa shape index (κ1) is 11.7. The van der Waals surface area contributed by atoms with Crippen LogP contribution in [0, 0.1) is 13.8 Å². The van der Waals surface area contributed by atoms with Crippen molar-refractivity contribution in [2.75, 3.05) is 0 Å². The number of nitrogens with zero attached hydrogens (tertiary/aromatic N) is 2. The minimum absolute atomic E-state index is 0.0853. The Hall–Kier alpha value is -1.75. The Balaban J connectivity index is 1.95. The lowest BCUT2D eigenvalue weighted by Crippen LogP contribution is -2.22. The maximum Gasteiger partial charge on any atom is 0.251 e. The first-order chi connectivity index (χ1) is 8.15. The summed E-state index contributed by atoms with van der Waals surface area (Å²) >= 11 is 1.49. The van der Waals surface area contributed by atoms with Crippen molar-refractivity contribution in [3.8, 4) is 0 Å². The second kappa shape index (κ2) is 5.05. The van der Waals surface area contributed by atoms with E-state index in [-0.39, 0.29) is 5.91 Å². The van der Waals surface area contributed by atoms with Gasteiger partial charge >= 0.3 is 0 Å². The van der Waals surface area contributed by atoms with Gasteiger partial charge in [0.25, 0.3) is 5.91 Å². The van der Waals surface area contributed by atoms with Crippen LogP contribution in [-0.2, 0) is 6.54 Å². The number of nitrogens with one attached hydrogen (secondary N) is 1. The summed E-state index contributed by atoms with van der Waals surface area (Å²) in [6.07, 6.45) is 0. The Kier molecular flexibility index (Phi) is 3.49. The van der Waals surface area contributed by atoms with Crippen LogP contribution in [0.5, 0.6) is 0 Å². The van der Waals surface area contributed by atoms with Gasteiger partial charge in [-0.1, -0.05) is 29.0 Å². The zero-order valence-corrected chi connectivity index (χ0v) is 10.5. The van der Waals surface area contributed by atoms with Crippen molar-refractivity contribution in [1.82, 2.24) is 15.5 Å². The number of carbonyl (C=O) groups excluding carboxylic acids is 1. The van der Waals surface area contributed by atoms with Crippen molar-refractivity contribution in [2.45, 2.75) is 20.4 Å². The van der Waals surface area contributed by atoms with E-state index < -0.39 is 0 Å².